The van der Waals surface area contributed by atoms with Gasteiger partial charge >= 0.3 is 80.9 Å². The van der Waals surface area contributed by atoms with Crippen LogP contribution in [0.4, 0.5) is 0 Å². The van der Waals surface area contributed by atoms with Crippen LogP contribution in [0.25, 0.3) is 0 Å². The van der Waals surface area contributed by atoms with Gasteiger partial charge in [-0.25, -0.2) is 8.42 Å². The molecule has 0 aromatic rings. The van der Waals surface area contributed by atoms with Crippen molar-refractivity contribution in [2.45, 2.75) is 0 Å². The zero-order valence-corrected chi connectivity index (χ0v) is 12.6. The average Bonchev–Trinajstić information content (AvgIpc) is 0.722. The minimum atomic E-state index is -4.92. The molecule has 0 spiro atoms. The van der Waals surface area contributed by atoms with Gasteiger partial charge in [0, 0.05) is 0 Å². The van der Waals surface area contributed by atoms with Crippen LogP contribution in [0, 0.1) is 0 Å². The molecule has 0 saturated carbocycles. The van der Waals surface area contributed by atoms with Gasteiger partial charge in [0.05, 0.1) is 0 Å². The second-order valence-corrected chi connectivity index (χ2v) is 1.28. The van der Waals surface area contributed by atoms with Gasteiger partial charge in [-0.1, -0.05) is 0 Å². The Morgan fingerprint density at radius 1 is 1.38 bits per heavy atom. The van der Waals surface area contributed by atoms with Crippen LogP contribution in [0.15, 0.2) is 0 Å². The van der Waals surface area contributed by atoms with Gasteiger partial charge in [-0.3, -0.25) is 4.55 Å². The second kappa shape index (κ2) is 10.2. The molecule has 0 aliphatic carbocycles. The Morgan fingerprint density at radius 2 is 1.38 bits per heavy atom. The molecule has 0 aromatic carbocycles. The number of halogens is 1. The molecule has 0 aliphatic heterocycles. The Hall–Kier alpha value is 3.24. The Bertz CT molecular complexity index is 99.2. The quantitative estimate of drug-likeness (QED) is 0.208. The first-order valence-electron chi connectivity index (χ1n) is 0.683. The van der Waals surface area contributed by atoms with Gasteiger partial charge in [-0.15, -0.1) is 0 Å². The van der Waals surface area contributed by atoms with Gasteiger partial charge in [0.15, 0.2) is 0 Å². The van der Waals surface area contributed by atoms with Crippen molar-refractivity contribution < 1.29 is 122 Å². The van der Waals surface area contributed by atoms with E-state index in [1.807, 2.05) is 0 Å². The number of hydrogen-bond acceptors (Lipinski definition) is 3. The van der Waals surface area contributed by atoms with Gasteiger partial charge in [0.1, 0.15) is 0 Å². The van der Waals surface area contributed by atoms with Gasteiger partial charge < -0.3 is 28.5 Å². The summed E-state index contributed by atoms with van der Waals surface area (Å²) in [6, 6.07) is 0. The zero-order valence-electron chi connectivity index (χ0n) is 4.46. The molecule has 0 atom stereocenters. The van der Waals surface area contributed by atoms with Crippen LogP contribution in [0.1, 0.15) is 0 Å². The van der Waals surface area contributed by atoms with E-state index < -0.39 is 10.4 Å². The summed E-state index contributed by atoms with van der Waals surface area (Å²) in [4.78, 5) is 0. The number of hydrogen-bond donors (Lipinski definition) is 1. The Morgan fingerprint density at radius 3 is 1.38 bits per heavy atom. The molecule has 0 unspecified atom stereocenters. The van der Waals surface area contributed by atoms with E-state index in [-0.39, 0.29) is 105 Å². The van der Waals surface area contributed by atoms with Crippen LogP contribution < -0.4 is 105 Å². The molecular weight excluding hydrogens is 285 g/mol. The van der Waals surface area contributed by atoms with Crippen molar-refractivity contribution in [1.29, 1.82) is 0 Å². The minimum absolute atomic E-state index is 0. The summed E-state index contributed by atoms with van der Waals surface area (Å²) in [5.41, 5.74) is 0. The first-order valence-corrected chi connectivity index (χ1v) is 2.05. The van der Waals surface area contributed by atoms with Crippen molar-refractivity contribution in [3.63, 3.8) is 0 Å². The van der Waals surface area contributed by atoms with Crippen molar-refractivity contribution in [2.75, 3.05) is 0 Å². The summed E-state index contributed by atoms with van der Waals surface area (Å²) in [6.07, 6.45) is 0. The summed E-state index contributed by atoms with van der Waals surface area (Å²) in [6.45, 7) is 0. The summed E-state index contributed by atoms with van der Waals surface area (Å²) in [5.74, 6) is 0. The van der Waals surface area contributed by atoms with E-state index in [9.17, 15) is 0 Å². The van der Waals surface area contributed by atoms with Gasteiger partial charge in [0.2, 0.25) is 10.4 Å². The number of rotatable bonds is 0. The van der Waals surface area contributed by atoms with E-state index in [1.54, 1.807) is 0 Å². The van der Waals surface area contributed by atoms with Crippen LogP contribution in [0.5, 0.6) is 0 Å². The van der Waals surface area contributed by atoms with E-state index in [0.717, 1.165) is 0 Å². The summed E-state index contributed by atoms with van der Waals surface area (Å²) in [5, 5.41) is 0. The molecule has 0 radical (unpaired) electrons. The third-order valence-electron chi connectivity index (χ3n) is 0. The van der Waals surface area contributed by atoms with Crippen molar-refractivity contribution in [2.24, 2.45) is 0 Å². The monoisotopic (exact) mass is 286 g/mol. The van der Waals surface area contributed by atoms with Crippen molar-refractivity contribution in [1.82, 2.24) is 0 Å². The van der Waals surface area contributed by atoms with Crippen molar-refractivity contribution >= 4 is 10.4 Å². The molecule has 0 saturated heterocycles. The largest absolute Gasteiger partial charge is 1.00 e. The van der Waals surface area contributed by atoms with Crippen molar-refractivity contribution in [3.8, 4) is 0 Å². The van der Waals surface area contributed by atoms with E-state index in [2.05, 4.69) is 0 Å². The summed E-state index contributed by atoms with van der Waals surface area (Å²) < 4.78 is 32.8. The smallest absolute Gasteiger partial charge is 1.00 e. The van der Waals surface area contributed by atoms with Crippen LogP contribution >= 0.6 is 0 Å². The average molecular weight is 286 g/mol. The first kappa shape index (κ1) is 22.5. The molecule has 0 heterocycles. The predicted molar refractivity (Wildman–Crippen MR) is 12.3 cm³/mol. The van der Waals surface area contributed by atoms with Crippen LogP contribution in [0.2, 0.25) is 0 Å². The molecule has 0 aromatic heterocycles. The van der Waals surface area contributed by atoms with E-state index in [1.165, 1.54) is 0 Å². The Balaban J connectivity index is -0.0000000267. The van der Waals surface area contributed by atoms with Gasteiger partial charge in [-0.05, 0) is 0 Å². The fourth-order valence-electron chi connectivity index (χ4n) is 0. The molecule has 0 amide bonds. The fraction of sp³-hybridized carbons (Fsp3) is 0. The molecule has 8 heavy (non-hydrogen) atoms. The molecule has 1 N–H and O–H groups in total. The Kier molecular flexibility index (Phi) is 28.8. The zero-order chi connectivity index (χ0) is 4.50. The van der Waals surface area contributed by atoms with Crippen LogP contribution in [-0.2, 0) is 10.4 Å². The molecule has 0 rings (SSSR count). The summed E-state index contributed by atoms with van der Waals surface area (Å²) in [7, 11) is -4.92. The van der Waals surface area contributed by atoms with Gasteiger partial charge in [0.25, 0.3) is 0 Å². The normalized spacial score (nSPS) is 7.25. The van der Waals surface area contributed by atoms with E-state index in [0.29, 0.717) is 0 Å². The molecule has 0 aliphatic rings. The first-order chi connectivity index (χ1) is 2.00. The molecule has 8 heteroatoms. The van der Waals surface area contributed by atoms with Crippen molar-refractivity contribution in [3.05, 3.63) is 0 Å². The molecule has 4 nitrogen and oxygen atoms in total. The minimum Gasteiger partial charge on any atom is -1.00 e. The maximum Gasteiger partial charge on any atom is 1.00 e. The van der Waals surface area contributed by atoms with E-state index >= 15 is 0 Å². The second-order valence-electron chi connectivity index (χ2n) is 0.428. The topological polar surface area (TPSA) is 77.4 Å². The Labute approximate surface area is 129 Å². The molecular formula is HIKNaO4S. The maximum absolute atomic E-state index is 8.63. The maximum atomic E-state index is 8.63. The van der Waals surface area contributed by atoms with E-state index in [4.69, 9.17) is 17.5 Å². The molecule has 0 bridgehead atoms. The van der Waals surface area contributed by atoms with Crippen LogP contribution in [0.3, 0.4) is 0 Å². The summed E-state index contributed by atoms with van der Waals surface area (Å²) >= 11 is 0. The van der Waals surface area contributed by atoms with Crippen LogP contribution in [-0.4, -0.2) is 17.5 Å². The predicted octanol–water partition coefficient (Wildman–Crippen LogP) is -9.98. The fourth-order valence-corrected chi connectivity index (χ4v) is 0. The molecule has 0 fully saturated rings. The van der Waals surface area contributed by atoms with Gasteiger partial charge in [-0.2, -0.15) is 0 Å². The third-order valence-corrected chi connectivity index (χ3v) is 0. The standard InChI is InChI=1S/HI.K.Na.H2O4S/c;;;1-5(2,3)4/h1H;;;(H2,1,2,3,4)/q;2*+1;/p-2. The molecule has 40 valence electrons. The third kappa shape index (κ3) is 59.8. The SMILES string of the molecule is O=S(=O)([O-])O.[I-].[K+].[Na+].